The minimum atomic E-state index is -3.62. The Hall–Kier alpha value is -3.32. The van der Waals surface area contributed by atoms with E-state index in [1.165, 1.54) is 4.31 Å². The first-order chi connectivity index (χ1) is 14.5. The van der Waals surface area contributed by atoms with Gasteiger partial charge in [-0.2, -0.15) is 0 Å². The van der Waals surface area contributed by atoms with E-state index >= 15 is 0 Å². The lowest BCUT2D eigenvalue weighted by atomic mass is 10.2. The lowest BCUT2D eigenvalue weighted by Gasteiger charge is -2.19. The molecule has 0 atom stereocenters. The molecule has 0 amide bonds. The van der Waals surface area contributed by atoms with Crippen LogP contribution in [0.5, 0.6) is 11.5 Å². The van der Waals surface area contributed by atoms with Crippen molar-refractivity contribution in [1.82, 2.24) is 0 Å². The molecule has 0 bridgehead atoms. The van der Waals surface area contributed by atoms with E-state index in [2.05, 4.69) is 4.99 Å². The molecule has 30 heavy (non-hydrogen) atoms. The average molecular weight is 423 g/mol. The molecule has 3 aromatic carbocycles. The number of hydrogen-bond donors (Lipinski definition) is 1. The van der Waals surface area contributed by atoms with E-state index in [1.807, 2.05) is 31.2 Å². The summed E-state index contributed by atoms with van der Waals surface area (Å²) in [6.45, 7) is 2.74. The molecule has 6 nitrogen and oxygen atoms in total. The summed E-state index contributed by atoms with van der Waals surface area (Å²) in [5, 5.41) is 9.78. The molecule has 1 N–H and O–H groups in total. The zero-order chi connectivity index (χ0) is 21.1. The Labute approximate surface area is 176 Å². The number of ether oxygens (including phenoxy) is 1. The molecule has 3 aromatic rings. The van der Waals surface area contributed by atoms with Crippen molar-refractivity contribution in [2.24, 2.45) is 4.99 Å². The average Bonchev–Trinajstić information content (AvgIpc) is 3.20. The van der Waals surface area contributed by atoms with E-state index in [0.29, 0.717) is 31.0 Å². The van der Waals surface area contributed by atoms with Crippen molar-refractivity contribution in [1.29, 1.82) is 0 Å². The number of para-hydroxylation sites is 1. The summed E-state index contributed by atoms with van der Waals surface area (Å²) >= 11 is 0. The van der Waals surface area contributed by atoms with Crippen LogP contribution in [0.15, 0.2) is 76.6 Å². The number of sulfonamides is 1. The van der Waals surface area contributed by atoms with Gasteiger partial charge in [0.25, 0.3) is 10.0 Å². The van der Waals surface area contributed by atoms with Gasteiger partial charge in [0.1, 0.15) is 0 Å². The summed E-state index contributed by atoms with van der Waals surface area (Å²) < 4.78 is 33.0. The highest BCUT2D eigenvalue weighted by Gasteiger charge is 2.30. The van der Waals surface area contributed by atoms with Crippen LogP contribution < -0.4 is 9.04 Å². The maximum atomic E-state index is 13.1. The van der Waals surface area contributed by atoms with E-state index in [1.54, 1.807) is 48.7 Å². The lowest BCUT2D eigenvalue weighted by Crippen LogP contribution is -2.29. The van der Waals surface area contributed by atoms with Crippen LogP contribution in [0.1, 0.15) is 18.1 Å². The molecular formula is C23H22N2O4S. The summed E-state index contributed by atoms with van der Waals surface area (Å²) in [7, 11) is -3.62. The summed E-state index contributed by atoms with van der Waals surface area (Å²) in [6, 6.07) is 19.1. The molecule has 0 spiro atoms. The van der Waals surface area contributed by atoms with E-state index in [9.17, 15) is 13.5 Å². The minimum absolute atomic E-state index is 0.0760. The van der Waals surface area contributed by atoms with Crippen LogP contribution >= 0.6 is 0 Å². The summed E-state index contributed by atoms with van der Waals surface area (Å²) in [6.07, 6.45) is 2.36. The molecule has 0 unspecified atom stereocenters. The third kappa shape index (κ3) is 3.89. The topological polar surface area (TPSA) is 79.2 Å². The number of rotatable bonds is 6. The Morgan fingerprint density at radius 2 is 1.87 bits per heavy atom. The third-order valence-corrected chi connectivity index (χ3v) is 6.74. The Balaban J connectivity index is 1.53. The van der Waals surface area contributed by atoms with Gasteiger partial charge in [0, 0.05) is 12.8 Å². The minimum Gasteiger partial charge on any atom is -0.504 e. The largest absolute Gasteiger partial charge is 0.504 e. The Kier molecular flexibility index (Phi) is 5.46. The molecule has 1 heterocycles. The van der Waals surface area contributed by atoms with Gasteiger partial charge < -0.3 is 9.84 Å². The molecule has 0 fully saturated rings. The van der Waals surface area contributed by atoms with Gasteiger partial charge in [0.15, 0.2) is 11.5 Å². The van der Waals surface area contributed by atoms with Gasteiger partial charge in [-0.05, 0) is 73.0 Å². The normalized spacial score (nSPS) is 13.6. The van der Waals surface area contributed by atoms with Crippen LogP contribution in [0.3, 0.4) is 0 Å². The van der Waals surface area contributed by atoms with Crippen molar-refractivity contribution >= 4 is 27.6 Å². The SMILES string of the molecule is CCOc1cc(C=Nc2ccc(S(=O)(=O)N3CCc4ccccc43)cc2)ccc1O. The molecule has 7 heteroatoms. The van der Waals surface area contributed by atoms with Gasteiger partial charge in [-0.15, -0.1) is 0 Å². The third-order valence-electron chi connectivity index (χ3n) is 4.92. The van der Waals surface area contributed by atoms with Crippen molar-refractivity contribution in [2.45, 2.75) is 18.2 Å². The van der Waals surface area contributed by atoms with Crippen LogP contribution in [0, 0.1) is 0 Å². The molecule has 0 saturated carbocycles. The number of phenolic OH excluding ortho intramolecular Hbond substituents is 1. The highest BCUT2D eigenvalue weighted by atomic mass is 32.2. The van der Waals surface area contributed by atoms with Gasteiger partial charge >= 0.3 is 0 Å². The zero-order valence-electron chi connectivity index (χ0n) is 16.5. The highest BCUT2D eigenvalue weighted by Crippen LogP contribution is 2.33. The molecule has 4 rings (SSSR count). The van der Waals surface area contributed by atoms with E-state index in [0.717, 1.165) is 16.8 Å². The van der Waals surface area contributed by atoms with Gasteiger partial charge in [-0.1, -0.05) is 18.2 Å². The predicted molar refractivity (Wildman–Crippen MR) is 118 cm³/mol. The standard InChI is InChI=1S/C23H22N2O4S/c1-2-29-23-15-17(7-12-22(23)26)16-24-19-8-10-20(11-9-19)30(27,28)25-14-13-18-5-3-4-6-21(18)25/h3-12,15-16,26H,2,13-14H2,1H3. The number of anilines is 1. The highest BCUT2D eigenvalue weighted by molar-refractivity contribution is 7.92. The van der Waals surface area contributed by atoms with E-state index in [4.69, 9.17) is 4.74 Å². The van der Waals surface area contributed by atoms with Crippen LogP contribution in [-0.2, 0) is 16.4 Å². The number of fused-ring (bicyclic) bond motifs is 1. The van der Waals surface area contributed by atoms with Gasteiger partial charge in [-0.3, -0.25) is 9.30 Å². The number of aliphatic imine (C=N–C) groups is 1. The van der Waals surface area contributed by atoms with Crippen molar-refractivity contribution < 1.29 is 18.3 Å². The van der Waals surface area contributed by atoms with Gasteiger partial charge in [0.05, 0.1) is 22.9 Å². The number of benzene rings is 3. The molecule has 154 valence electrons. The quantitative estimate of drug-likeness (QED) is 0.601. The summed E-state index contributed by atoms with van der Waals surface area (Å²) in [4.78, 5) is 4.63. The lowest BCUT2D eigenvalue weighted by molar-refractivity contribution is 0.318. The van der Waals surface area contributed by atoms with Gasteiger partial charge in [0.2, 0.25) is 0 Å². The Morgan fingerprint density at radius 3 is 2.63 bits per heavy atom. The Bertz CT molecular complexity index is 1190. The molecule has 0 aromatic heterocycles. The number of aromatic hydroxyl groups is 1. The summed E-state index contributed by atoms with van der Waals surface area (Å²) in [5.41, 5.74) is 3.18. The molecule has 0 radical (unpaired) electrons. The smallest absolute Gasteiger partial charge is 0.264 e. The summed E-state index contributed by atoms with van der Waals surface area (Å²) in [5.74, 6) is 0.473. The second-order valence-corrected chi connectivity index (χ2v) is 8.73. The monoisotopic (exact) mass is 422 g/mol. The molecule has 0 aliphatic carbocycles. The fourth-order valence-corrected chi connectivity index (χ4v) is 4.92. The number of phenols is 1. The molecule has 1 aliphatic rings. The van der Waals surface area contributed by atoms with Crippen LogP contribution in [-0.4, -0.2) is 32.9 Å². The van der Waals surface area contributed by atoms with Crippen LogP contribution in [0.4, 0.5) is 11.4 Å². The van der Waals surface area contributed by atoms with Crippen molar-refractivity contribution in [2.75, 3.05) is 17.5 Å². The van der Waals surface area contributed by atoms with Crippen LogP contribution in [0.2, 0.25) is 0 Å². The molecule has 0 saturated heterocycles. The van der Waals surface area contributed by atoms with Crippen molar-refractivity contribution in [3.05, 3.63) is 77.9 Å². The second-order valence-electron chi connectivity index (χ2n) is 6.87. The van der Waals surface area contributed by atoms with Crippen LogP contribution in [0.25, 0.3) is 0 Å². The maximum Gasteiger partial charge on any atom is 0.264 e. The number of hydrogen-bond acceptors (Lipinski definition) is 5. The molecule has 1 aliphatic heterocycles. The first-order valence-corrected chi connectivity index (χ1v) is 11.1. The fourth-order valence-electron chi connectivity index (χ4n) is 3.42. The Morgan fingerprint density at radius 1 is 1.10 bits per heavy atom. The van der Waals surface area contributed by atoms with Crippen molar-refractivity contribution in [3.63, 3.8) is 0 Å². The maximum absolute atomic E-state index is 13.1. The first kappa shape index (κ1) is 20.0. The fraction of sp³-hybridized carbons (Fsp3) is 0.174. The molecular weight excluding hydrogens is 400 g/mol. The second kappa shape index (κ2) is 8.20. The predicted octanol–water partition coefficient (Wildman–Crippen LogP) is 4.29. The first-order valence-electron chi connectivity index (χ1n) is 9.69. The van der Waals surface area contributed by atoms with Crippen molar-refractivity contribution in [3.8, 4) is 11.5 Å². The number of nitrogens with zero attached hydrogens (tertiary/aromatic N) is 2. The van der Waals surface area contributed by atoms with E-state index < -0.39 is 10.0 Å². The zero-order valence-corrected chi connectivity index (χ0v) is 17.3. The van der Waals surface area contributed by atoms with E-state index in [-0.39, 0.29) is 10.6 Å². The van der Waals surface area contributed by atoms with Gasteiger partial charge in [-0.25, -0.2) is 8.42 Å².